The van der Waals surface area contributed by atoms with Crippen LogP contribution in [-0.2, 0) is 37.3 Å². The van der Waals surface area contributed by atoms with Crippen LogP contribution in [0.15, 0.2) is 42.5 Å². The molecule has 2 N–H and O–H groups in total. The van der Waals surface area contributed by atoms with E-state index < -0.39 is 5.41 Å². The Labute approximate surface area is 295 Å². The minimum Gasteiger partial charge on any atom is -0.469 e. The number of likely N-dealkylation sites (tertiary alicyclic amines) is 1. The quantitative estimate of drug-likeness (QED) is 0.233. The number of fused-ring (bicyclic) bond motifs is 9. The van der Waals surface area contributed by atoms with Crippen LogP contribution in [0.25, 0.3) is 21.8 Å². The van der Waals surface area contributed by atoms with Crippen LogP contribution in [-0.4, -0.2) is 84.7 Å². The van der Waals surface area contributed by atoms with Gasteiger partial charge in [0.05, 0.1) is 20.1 Å². The van der Waals surface area contributed by atoms with E-state index in [1.54, 1.807) is 14.2 Å². The highest BCUT2D eigenvalue weighted by atomic mass is 16.5. The number of ether oxygens (including phenoxy) is 2. The zero-order valence-electron chi connectivity index (χ0n) is 30.3. The third-order valence-corrected chi connectivity index (χ3v) is 14.3. The summed E-state index contributed by atoms with van der Waals surface area (Å²) in [4.78, 5) is 40.7. The van der Waals surface area contributed by atoms with Crippen LogP contribution < -0.4 is 0 Å². The highest BCUT2D eigenvalue weighted by molar-refractivity contribution is 5.92. The number of hydrogen-bond acceptors (Lipinski definition) is 6. The van der Waals surface area contributed by atoms with Crippen molar-refractivity contribution in [2.75, 3.05) is 40.9 Å². The van der Waals surface area contributed by atoms with Crippen molar-refractivity contribution in [2.24, 2.45) is 29.6 Å². The van der Waals surface area contributed by atoms with E-state index in [0.29, 0.717) is 17.8 Å². The molecular formula is C42H52N4O4. The molecule has 4 aliphatic heterocycles. The minimum atomic E-state index is -0.669. The lowest BCUT2D eigenvalue weighted by molar-refractivity contribution is -0.162. The van der Waals surface area contributed by atoms with Gasteiger partial charge in [0, 0.05) is 70.8 Å². The van der Waals surface area contributed by atoms with Crippen molar-refractivity contribution >= 4 is 33.7 Å². The lowest BCUT2D eigenvalue weighted by Gasteiger charge is -2.57. The molecule has 4 aromatic rings. The lowest BCUT2D eigenvalue weighted by Crippen LogP contribution is -2.67. The number of esters is 2. The zero-order valence-corrected chi connectivity index (χ0v) is 30.3. The third kappa shape index (κ3) is 4.49. The van der Waals surface area contributed by atoms with E-state index >= 15 is 0 Å². The van der Waals surface area contributed by atoms with Crippen molar-refractivity contribution in [2.45, 2.75) is 82.2 Å². The van der Waals surface area contributed by atoms with Gasteiger partial charge < -0.3 is 24.3 Å². The van der Waals surface area contributed by atoms with Crippen molar-refractivity contribution in [3.63, 3.8) is 0 Å². The second kappa shape index (κ2) is 12.0. The Morgan fingerprint density at radius 3 is 2.50 bits per heavy atom. The molecule has 8 nitrogen and oxygen atoms in total. The van der Waals surface area contributed by atoms with Crippen molar-refractivity contribution in [1.29, 1.82) is 0 Å². The van der Waals surface area contributed by atoms with Gasteiger partial charge in [0.15, 0.2) is 0 Å². The Balaban J connectivity index is 1.23. The van der Waals surface area contributed by atoms with Crippen molar-refractivity contribution < 1.29 is 19.1 Å². The van der Waals surface area contributed by atoms with E-state index in [0.717, 1.165) is 74.9 Å². The summed E-state index contributed by atoms with van der Waals surface area (Å²) in [6, 6.07) is 15.9. The number of carbonyl (C=O) groups is 2. The fourth-order valence-electron chi connectivity index (χ4n) is 12.2. The van der Waals surface area contributed by atoms with Crippen LogP contribution >= 0.6 is 0 Å². The van der Waals surface area contributed by atoms with Crippen molar-refractivity contribution in [1.82, 2.24) is 19.8 Å². The second-order valence-corrected chi connectivity index (χ2v) is 16.4. The maximum absolute atomic E-state index is 14.1. The predicted molar refractivity (Wildman–Crippen MR) is 195 cm³/mol. The molecule has 2 aromatic carbocycles. The molecule has 10 rings (SSSR count). The van der Waals surface area contributed by atoms with Crippen LogP contribution in [0.2, 0.25) is 0 Å². The number of para-hydroxylation sites is 1. The van der Waals surface area contributed by atoms with E-state index in [2.05, 4.69) is 83.1 Å². The van der Waals surface area contributed by atoms with Crippen LogP contribution in [0.4, 0.5) is 0 Å². The van der Waals surface area contributed by atoms with E-state index in [4.69, 9.17) is 9.47 Å². The first-order valence-corrected chi connectivity index (χ1v) is 19.2. The summed E-state index contributed by atoms with van der Waals surface area (Å²) < 4.78 is 11.3. The predicted octanol–water partition coefficient (Wildman–Crippen LogP) is 6.56. The molecule has 264 valence electrons. The van der Waals surface area contributed by atoms with Gasteiger partial charge in [-0.3, -0.25) is 14.5 Å². The Morgan fingerprint density at radius 2 is 1.72 bits per heavy atom. The van der Waals surface area contributed by atoms with E-state index in [1.807, 2.05) is 0 Å². The molecule has 0 spiro atoms. The summed E-state index contributed by atoms with van der Waals surface area (Å²) in [6.45, 7) is 7.59. The molecule has 4 fully saturated rings. The maximum Gasteiger partial charge on any atom is 0.319 e. The van der Waals surface area contributed by atoms with Gasteiger partial charge in [0.2, 0.25) is 0 Å². The number of H-pyrrole nitrogens is 2. The number of benzene rings is 2. The number of rotatable bonds is 5. The topological polar surface area (TPSA) is 90.7 Å². The standard InChI is InChI=1S/C42H52N4O4/c1-6-24-16-23-20-42(41(48)50-5)38-28(14-15-46(21-23)39(24)42)31-17-26(12-13-34(31)44-38)30-18-29-25(7-2)22-45(3)35(36(29)40(47)49-4)19-32-27-10-8-9-11-33(27)43-37(30)32/h8-13,17,23-25,29-30,35-36,39,43-44H,6-7,14-16,18-22H2,1-5H3/t23?,24-,25+,29-,30-,35-,36-,39-,42+/m0/s1. The van der Waals surface area contributed by atoms with Crippen LogP contribution in [0.3, 0.4) is 0 Å². The fraction of sp³-hybridized carbons (Fsp3) is 0.571. The van der Waals surface area contributed by atoms with Crippen LogP contribution in [0, 0.1) is 29.6 Å². The summed E-state index contributed by atoms with van der Waals surface area (Å²) in [6.07, 6.45) is 6.76. The Bertz CT molecular complexity index is 1980. The minimum absolute atomic E-state index is 0.0765. The van der Waals surface area contributed by atoms with Crippen molar-refractivity contribution in [3.05, 3.63) is 70.5 Å². The maximum atomic E-state index is 14.1. The van der Waals surface area contributed by atoms with E-state index in [1.165, 1.54) is 39.6 Å². The highest BCUT2D eigenvalue weighted by Gasteiger charge is 2.62. The molecule has 8 heteroatoms. The van der Waals surface area contributed by atoms with Gasteiger partial charge in [-0.2, -0.15) is 0 Å². The zero-order chi connectivity index (χ0) is 34.5. The number of nitrogens with one attached hydrogen (secondary N) is 2. The first-order chi connectivity index (χ1) is 24.3. The number of nitrogens with zero attached hydrogens (tertiary/aromatic N) is 2. The van der Waals surface area contributed by atoms with Gasteiger partial charge in [-0.15, -0.1) is 0 Å². The number of hydrogen-bond donors (Lipinski definition) is 2. The van der Waals surface area contributed by atoms with Gasteiger partial charge in [-0.1, -0.05) is 51.0 Å². The van der Waals surface area contributed by atoms with Crippen LogP contribution in [0.1, 0.15) is 79.9 Å². The van der Waals surface area contributed by atoms with Gasteiger partial charge in [0.1, 0.15) is 5.41 Å². The SMILES string of the molecule is CC[C@@H]1CN(C)[C@H]2Cc3c([nH]c4ccccc34)[C@H](c3ccc4[nH]c5c(c4c3)CCN3CC4C[C@H](CC)[C@H]3[C@@]5(C(=O)OC)C4)C[C@@H]1[C@@H]2C(=O)OC. The molecule has 6 heterocycles. The number of aromatic amines is 2. The molecule has 2 unspecified atom stereocenters. The average molecular weight is 677 g/mol. The second-order valence-electron chi connectivity index (χ2n) is 16.4. The number of likely N-dealkylation sites (N-methyl/N-ethyl adjacent to an activating group) is 1. The third-order valence-electron chi connectivity index (χ3n) is 14.3. The number of carbonyl (C=O) groups excluding carboxylic acids is 2. The summed E-state index contributed by atoms with van der Waals surface area (Å²) in [5.74, 6) is 1.33. The Hall–Kier alpha value is -3.62. The van der Waals surface area contributed by atoms with Crippen molar-refractivity contribution in [3.8, 4) is 0 Å². The summed E-state index contributed by atoms with van der Waals surface area (Å²) >= 11 is 0. The normalized spacial score (nSPS) is 34.8. The van der Waals surface area contributed by atoms with Gasteiger partial charge in [-0.05, 0) is 97.7 Å². The highest BCUT2D eigenvalue weighted by Crippen LogP contribution is 2.56. The molecule has 10 atom stereocenters. The summed E-state index contributed by atoms with van der Waals surface area (Å²) in [5, 5.41) is 2.48. The molecule has 6 bridgehead atoms. The molecule has 6 aliphatic rings. The fourth-order valence-corrected chi connectivity index (χ4v) is 12.2. The number of aromatic nitrogens is 2. The molecule has 0 radical (unpaired) electrons. The first-order valence-electron chi connectivity index (χ1n) is 19.2. The summed E-state index contributed by atoms with van der Waals surface area (Å²) in [7, 11) is 5.32. The monoisotopic (exact) mass is 676 g/mol. The number of piperidine rings is 3. The van der Waals surface area contributed by atoms with E-state index in [9.17, 15) is 9.59 Å². The van der Waals surface area contributed by atoms with Gasteiger partial charge in [0.25, 0.3) is 0 Å². The van der Waals surface area contributed by atoms with E-state index in [-0.39, 0.29) is 41.8 Å². The van der Waals surface area contributed by atoms with Gasteiger partial charge in [-0.25, -0.2) is 0 Å². The Kier molecular flexibility index (Phi) is 7.74. The summed E-state index contributed by atoms with van der Waals surface area (Å²) in [5.41, 5.74) is 7.86. The molecule has 1 saturated carbocycles. The lowest BCUT2D eigenvalue weighted by atomic mass is 9.56. The Morgan fingerprint density at radius 1 is 0.920 bits per heavy atom. The molecule has 3 saturated heterocycles. The average Bonchev–Trinajstić information content (AvgIpc) is 3.67. The molecular weight excluding hydrogens is 624 g/mol. The molecule has 50 heavy (non-hydrogen) atoms. The molecule has 0 amide bonds. The van der Waals surface area contributed by atoms with Crippen LogP contribution in [0.5, 0.6) is 0 Å². The largest absolute Gasteiger partial charge is 0.469 e. The molecule has 2 aliphatic carbocycles. The van der Waals surface area contributed by atoms with Gasteiger partial charge >= 0.3 is 11.9 Å². The number of methoxy groups -OCH3 is 2. The molecule has 2 aromatic heterocycles. The smallest absolute Gasteiger partial charge is 0.319 e. The first kappa shape index (κ1) is 32.3.